The number of benzene rings is 1. The van der Waals surface area contributed by atoms with Crippen molar-refractivity contribution in [1.82, 2.24) is 14.8 Å². The van der Waals surface area contributed by atoms with Crippen LogP contribution < -0.4 is 4.74 Å². The van der Waals surface area contributed by atoms with Crippen LogP contribution in [-0.2, 0) is 6.54 Å². The van der Waals surface area contributed by atoms with Gasteiger partial charge in [-0.2, -0.15) is 0 Å². The number of rotatable bonds is 8. The van der Waals surface area contributed by atoms with E-state index < -0.39 is 0 Å². The largest absolute Gasteiger partial charge is 0.494 e. The van der Waals surface area contributed by atoms with Crippen molar-refractivity contribution in [2.24, 2.45) is 0 Å². The van der Waals surface area contributed by atoms with Crippen LogP contribution in [0, 0.1) is 0 Å². The number of likely N-dealkylation sites (tertiary alicyclic amines) is 2. The molecule has 28 heavy (non-hydrogen) atoms. The first kappa shape index (κ1) is 19.5. The summed E-state index contributed by atoms with van der Waals surface area (Å²) in [5.41, 5.74) is 2.01. The van der Waals surface area contributed by atoms with Crippen molar-refractivity contribution in [1.29, 1.82) is 0 Å². The van der Waals surface area contributed by atoms with Gasteiger partial charge in [0.1, 0.15) is 12.0 Å². The second-order valence-electron chi connectivity index (χ2n) is 8.36. The van der Waals surface area contributed by atoms with E-state index in [0.29, 0.717) is 11.9 Å². The van der Waals surface area contributed by atoms with Gasteiger partial charge in [0.25, 0.3) is 0 Å². The van der Waals surface area contributed by atoms with Gasteiger partial charge in [-0.15, -0.1) is 0 Å². The molecule has 0 spiro atoms. The Bertz CT molecular complexity index is 743. The lowest BCUT2D eigenvalue weighted by atomic mass is 10.2. The highest BCUT2D eigenvalue weighted by Crippen LogP contribution is 2.24. The maximum atomic E-state index is 5.91. The fraction of sp³-hybridized carbons (Fsp3) is 0.609. The van der Waals surface area contributed by atoms with Crippen LogP contribution in [-0.4, -0.2) is 53.1 Å². The molecule has 2 aliphatic heterocycles. The van der Waals surface area contributed by atoms with Gasteiger partial charge in [0.15, 0.2) is 0 Å². The standard InChI is InChI=1S/C23H33N3O2/c1-18-6-3-12-25(18)14-5-15-27-22-10-8-20(9-11-22)23-24-21(17-28-23)16-26-13-4-7-19(26)2/h8-11,17-19H,3-7,12-16H2,1-2H3. The van der Waals surface area contributed by atoms with Crippen molar-refractivity contribution < 1.29 is 9.15 Å². The van der Waals surface area contributed by atoms with Gasteiger partial charge in [0, 0.05) is 30.7 Å². The average molecular weight is 384 g/mol. The van der Waals surface area contributed by atoms with Gasteiger partial charge in [0.2, 0.25) is 5.89 Å². The number of ether oxygens (including phenoxy) is 1. The van der Waals surface area contributed by atoms with Crippen LogP contribution in [0.25, 0.3) is 11.5 Å². The summed E-state index contributed by atoms with van der Waals surface area (Å²) in [7, 11) is 0. The number of aromatic nitrogens is 1. The SMILES string of the molecule is CC1CCCN1CCCOc1ccc(-c2nc(CN3CCCC3C)co2)cc1. The van der Waals surface area contributed by atoms with E-state index in [9.17, 15) is 0 Å². The molecule has 0 aliphatic carbocycles. The Balaban J connectivity index is 1.25. The minimum Gasteiger partial charge on any atom is -0.494 e. The van der Waals surface area contributed by atoms with Crippen molar-refractivity contribution in [3.05, 3.63) is 36.2 Å². The van der Waals surface area contributed by atoms with E-state index >= 15 is 0 Å². The van der Waals surface area contributed by atoms with Crippen LogP contribution in [0.5, 0.6) is 5.75 Å². The van der Waals surface area contributed by atoms with Gasteiger partial charge >= 0.3 is 0 Å². The molecule has 2 atom stereocenters. The predicted octanol–water partition coefficient (Wildman–Crippen LogP) is 4.58. The zero-order valence-electron chi connectivity index (χ0n) is 17.3. The lowest BCUT2D eigenvalue weighted by Crippen LogP contribution is -2.28. The summed E-state index contributed by atoms with van der Waals surface area (Å²) in [6, 6.07) is 9.47. The fourth-order valence-electron chi connectivity index (χ4n) is 4.42. The summed E-state index contributed by atoms with van der Waals surface area (Å²) in [5, 5.41) is 0. The summed E-state index contributed by atoms with van der Waals surface area (Å²) in [6.45, 7) is 9.79. The smallest absolute Gasteiger partial charge is 0.226 e. The van der Waals surface area contributed by atoms with Crippen LogP contribution in [0.3, 0.4) is 0 Å². The molecule has 1 aromatic heterocycles. The highest BCUT2D eigenvalue weighted by molar-refractivity contribution is 5.54. The van der Waals surface area contributed by atoms with E-state index in [-0.39, 0.29) is 0 Å². The second-order valence-corrected chi connectivity index (χ2v) is 8.36. The maximum Gasteiger partial charge on any atom is 0.226 e. The van der Waals surface area contributed by atoms with Gasteiger partial charge in [-0.25, -0.2) is 4.98 Å². The van der Waals surface area contributed by atoms with E-state index in [4.69, 9.17) is 9.15 Å². The average Bonchev–Trinajstić information content (AvgIpc) is 3.43. The molecule has 152 valence electrons. The molecule has 0 bridgehead atoms. The monoisotopic (exact) mass is 383 g/mol. The van der Waals surface area contributed by atoms with Crippen molar-refractivity contribution in [2.45, 2.75) is 64.6 Å². The van der Waals surface area contributed by atoms with Gasteiger partial charge in [-0.1, -0.05) is 0 Å². The molecular weight excluding hydrogens is 350 g/mol. The molecular formula is C23H33N3O2. The third-order valence-corrected chi connectivity index (χ3v) is 6.26. The molecule has 0 N–H and O–H groups in total. The van der Waals surface area contributed by atoms with Gasteiger partial charge in [0.05, 0.1) is 12.3 Å². The Morgan fingerprint density at radius 3 is 2.43 bits per heavy atom. The molecule has 3 heterocycles. The maximum absolute atomic E-state index is 5.91. The molecule has 0 amide bonds. The molecule has 2 aromatic rings. The third-order valence-electron chi connectivity index (χ3n) is 6.26. The van der Waals surface area contributed by atoms with Crippen LogP contribution in [0.15, 0.2) is 34.9 Å². The molecule has 0 saturated carbocycles. The van der Waals surface area contributed by atoms with Crippen molar-refractivity contribution in [3.63, 3.8) is 0 Å². The van der Waals surface area contributed by atoms with Crippen LogP contribution in [0.4, 0.5) is 0 Å². The summed E-state index contributed by atoms with van der Waals surface area (Å²) in [6.07, 6.45) is 8.10. The van der Waals surface area contributed by atoms with Gasteiger partial charge in [-0.05, 0) is 83.3 Å². The highest BCUT2D eigenvalue weighted by atomic mass is 16.5. The van der Waals surface area contributed by atoms with Crippen LogP contribution in [0.1, 0.15) is 51.6 Å². The topological polar surface area (TPSA) is 41.7 Å². The first-order valence-electron chi connectivity index (χ1n) is 10.8. The molecule has 5 heteroatoms. The normalized spacial score (nSPS) is 23.5. The number of oxazole rings is 1. The predicted molar refractivity (Wildman–Crippen MR) is 111 cm³/mol. The lowest BCUT2D eigenvalue weighted by molar-refractivity contribution is 0.230. The molecule has 2 saturated heterocycles. The minimum atomic E-state index is 0.644. The molecule has 5 nitrogen and oxygen atoms in total. The second kappa shape index (κ2) is 9.10. The van der Waals surface area contributed by atoms with Gasteiger partial charge in [-0.3, -0.25) is 4.90 Å². The Labute approximate surface area is 168 Å². The fourth-order valence-corrected chi connectivity index (χ4v) is 4.42. The van der Waals surface area contributed by atoms with Crippen LogP contribution in [0.2, 0.25) is 0 Å². The quantitative estimate of drug-likeness (QED) is 0.624. The Morgan fingerprint density at radius 2 is 1.75 bits per heavy atom. The molecule has 2 aliphatic rings. The summed E-state index contributed by atoms with van der Waals surface area (Å²) in [5.74, 6) is 1.60. The highest BCUT2D eigenvalue weighted by Gasteiger charge is 2.21. The van der Waals surface area contributed by atoms with Crippen molar-refractivity contribution >= 4 is 0 Å². The minimum absolute atomic E-state index is 0.644. The molecule has 1 aromatic carbocycles. The van der Waals surface area contributed by atoms with Crippen molar-refractivity contribution in [3.8, 4) is 17.2 Å². The first-order valence-corrected chi connectivity index (χ1v) is 10.8. The Kier molecular flexibility index (Phi) is 6.33. The van der Waals surface area contributed by atoms with Crippen LogP contribution >= 0.6 is 0 Å². The first-order chi connectivity index (χ1) is 13.7. The van der Waals surface area contributed by atoms with Crippen molar-refractivity contribution in [2.75, 3.05) is 26.2 Å². The number of hydrogen-bond acceptors (Lipinski definition) is 5. The molecule has 2 unspecified atom stereocenters. The zero-order valence-corrected chi connectivity index (χ0v) is 17.3. The summed E-state index contributed by atoms with van der Waals surface area (Å²) < 4.78 is 11.6. The number of hydrogen-bond donors (Lipinski definition) is 0. The third kappa shape index (κ3) is 4.76. The van der Waals surface area contributed by atoms with Gasteiger partial charge < -0.3 is 14.1 Å². The summed E-state index contributed by atoms with van der Waals surface area (Å²) in [4.78, 5) is 9.72. The Hall–Kier alpha value is -1.85. The molecule has 2 fully saturated rings. The van der Waals surface area contributed by atoms with E-state index in [1.807, 2.05) is 24.3 Å². The molecule has 0 radical (unpaired) electrons. The Morgan fingerprint density at radius 1 is 1.04 bits per heavy atom. The lowest BCUT2D eigenvalue weighted by Gasteiger charge is -2.20. The van der Waals surface area contributed by atoms with E-state index in [1.54, 1.807) is 6.26 Å². The summed E-state index contributed by atoms with van der Waals surface area (Å²) >= 11 is 0. The molecule has 4 rings (SSSR count). The zero-order chi connectivity index (χ0) is 19.3. The van der Waals surface area contributed by atoms with E-state index in [2.05, 4.69) is 28.6 Å². The van der Waals surface area contributed by atoms with E-state index in [1.165, 1.54) is 32.2 Å². The number of nitrogens with zero attached hydrogens (tertiary/aromatic N) is 3. The van der Waals surface area contributed by atoms with E-state index in [0.717, 1.165) is 55.7 Å².